The van der Waals surface area contributed by atoms with E-state index in [1.54, 1.807) is 6.33 Å². The Morgan fingerprint density at radius 1 is 1.25 bits per heavy atom. The molecule has 0 spiro atoms. The number of nitrogens with one attached hydrogen (secondary N) is 1. The van der Waals surface area contributed by atoms with Crippen molar-refractivity contribution in [2.75, 3.05) is 11.9 Å². The molecule has 6 heteroatoms. The van der Waals surface area contributed by atoms with Gasteiger partial charge in [0.15, 0.2) is 0 Å². The quantitative estimate of drug-likeness (QED) is 0.921. The molecule has 0 aliphatic carbocycles. The summed E-state index contributed by atoms with van der Waals surface area (Å²) in [4.78, 5) is 23.8. The average Bonchev–Trinajstić information content (AvgIpc) is 3.25. The predicted molar refractivity (Wildman–Crippen MR) is 93.0 cm³/mol. The van der Waals surface area contributed by atoms with Gasteiger partial charge in [-0.15, -0.1) is 0 Å². The number of anilines is 1. The molecule has 4 rings (SSSR count). The number of rotatable bonds is 2. The van der Waals surface area contributed by atoms with E-state index in [9.17, 15) is 4.79 Å². The van der Waals surface area contributed by atoms with Crippen molar-refractivity contribution in [2.24, 2.45) is 7.05 Å². The minimum absolute atomic E-state index is 0.116. The molecule has 0 radical (unpaired) electrons. The molecule has 1 saturated heterocycles. The number of nitrogens with zero attached hydrogens (tertiary/aromatic N) is 4. The molecule has 126 valence electrons. The van der Waals surface area contributed by atoms with Crippen LogP contribution in [0.5, 0.6) is 0 Å². The fourth-order valence-corrected chi connectivity index (χ4v) is 3.99. The van der Waals surface area contributed by atoms with E-state index in [0.29, 0.717) is 12.1 Å². The minimum Gasteiger partial charge on any atom is -0.369 e. The van der Waals surface area contributed by atoms with Gasteiger partial charge in [-0.1, -0.05) is 0 Å². The van der Waals surface area contributed by atoms with Crippen molar-refractivity contribution < 1.29 is 4.79 Å². The molecule has 2 aromatic heterocycles. The fraction of sp³-hybridized carbons (Fsp3) is 0.500. The van der Waals surface area contributed by atoms with Gasteiger partial charge in [-0.05, 0) is 39.2 Å². The summed E-state index contributed by atoms with van der Waals surface area (Å²) in [6, 6.07) is 2.58. The smallest absolute Gasteiger partial charge is 0.270 e. The fourth-order valence-electron chi connectivity index (χ4n) is 3.99. The third-order valence-electron chi connectivity index (χ3n) is 5.30. The van der Waals surface area contributed by atoms with E-state index in [-0.39, 0.29) is 5.91 Å². The van der Waals surface area contributed by atoms with Crippen LogP contribution in [-0.4, -0.2) is 44.0 Å². The first kappa shape index (κ1) is 15.2. The molecule has 0 unspecified atom stereocenters. The van der Waals surface area contributed by atoms with Crippen LogP contribution in [0.25, 0.3) is 11.3 Å². The van der Waals surface area contributed by atoms with Crippen LogP contribution in [0.1, 0.15) is 42.7 Å². The number of hydrogen-bond acceptors (Lipinski definition) is 4. The van der Waals surface area contributed by atoms with Crippen LogP contribution in [0.2, 0.25) is 0 Å². The van der Waals surface area contributed by atoms with E-state index in [1.165, 1.54) is 0 Å². The number of hydrogen-bond donors (Lipinski definition) is 1. The van der Waals surface area contributed by atoms with Gasteiger partial charge in [-0.25, -0.2) is 9.97 Å². The highest BCUT2D eigenvalue weighted by Crippen LogP contribution is 2.32. The molecule has 2 atom stereocenters. The molecule has 2 aliphatic rings. The highest BCUT2D eigenvalue weighted by molar-refractivity contribution is 5.95. The monoisotopic (exact) mass is 325 g/mol. The highest BCUT2D eigenvalue weighted by Gasteiger charge is 2.33. The predicted octanol–water partition coefficient (Wildman–Crippen LogP) is 2.46. The summed E-state index contributed by atoms with van der Waals surface area (Å²) in [5.74, 6) is 1.03. The number of aryl methyl sites for hydroxylation is 1. The zero-order chi connectivity index (χ0) is 16.8. The lowest BCUT2D eigenvalue weighted by Gasteiger charge is -2.26. The Labute approximate surface area is 141 Å². The zero-order valence-corrected chi connectivity index (χ0v) is 14.4. The Bertz CT molecular complexity index is 787. The molecule has 0 saturated carbocycles. The maximum atomic E-state index is 13.0. The summed E-state index contributed by atoms with van der Waals surface area (Å²) in [6.45, 7) is 5.16. The van der Waals surface area contributed by atoms with E-state index in [2.05, 4.69) is 29.1 Å². The molecule has 0 bridgehead atoms. The van der Waals surface area contributed by atoms with E-state index >= 15 is 0 Å². The Morgan fingerprint density at radius 2 is 2.00 bits per heavy atom. The first-order chi connectivity index (χ1) is 11.6. The average molecular weight is 325 g/mol. The number of carbonyl (C=O) groups excluding carboxylic acids is 1. The van der Waals surface area contributed by atoms with E-state index in [0.717, 1.165) is 54.1 Å². The topological polar surface area (TPSA) is 63.1 Å². The van der Waals surface area contributed by atoms with Crippen LogP contribution in [0.15, 0.2) is 18.6 Å². The number of aromatic nitrogens is 3. The minimum atomic E-state index is 0.116. The molecular weight excluding hydrogens is 302 g/mol. The third kappa shape index (κ3) is 2.28. The Kier molecular flexibility index (Phi) is 3.55. The van der Waals surface area contributed by atoms with Crippen LogP contribution in [0, 0.1) is 0 Å². The second-order valence-electron chi connectivity index (χ2n) is 6.94. The third-order valence-corrected chi connectivity index (χ3v) is 5.30. The van der Waals surface area contributed by atoms with Gasteiger partial charge in [0.05, 0.1) is 5.69 Å². The van der Waals surface area contributed by atoms with Crippen molar-refractivity contribution in [3.05, 3.63) is 29.8 Å². The standard InChI is InChI=1S/C18H23N5O/c1-11-4-5-12(2)23(11)18(24)15-8-13(9-22(15)3)16-14-6-7-19-17(14)21-10-20-16/h8-12H,4-7H2,1-3H3,(H,19,20,21)/t11-,12-/m1/s1. The summed E-state index contributed by atoms with van der Waals surface area (Å²) in [6.07, 6.45) is 6.67. The van der Waals surface area contributed by atoms with Crippen molar-refractivity contribution in [1.29, 1.82) is 0 Å². The van der Waals surface area contributed by atoms with Gasteiger partial charge in [-0.3, -0.25) is 4.79 Å². The lowest BCUT2D eigenvalue weighted by atomic mass is 10.1. The lowest BCUT2D eigenvalue weighted by molar-refractivity contribution is 0.0683. The summed E-state index contributed by atoms with van der Waals surface area (Å²) in [5.41, 5.74) is 3.79. The van der Waals surface area contributed by atoms with Gasteiger partial charge in [0.2, 0.25) is 0 Å². The molecule has 4 heterocycles. The number of carbonyl (C=O) groups is 1. The summed E-state index contributed by atoms with van der Waals surface area (Å²) < 4.78 is 1.92. The van der Waals surface area contributed by atoms with Crippen LogP contribution < -0.4 is 5.32 Å². The van der Waals surface area contributed by atoms with E-state index in [1.807, 2.05) is 28.8 Å². The van der Waals surface area contributed by atoms with Gasteiger partial charge in [0.1, 0.15) is 17.8 Å². The van der Waals surface area contributed by atoms with Crippen molar-refractivity contribution in [1.82, 2.24) is 19.4 Å². The number of amides is 1. The lowest BCUT2D eigenvalue weighted by Crippen LogP contribution is -2.39. The first-order valence-electron chi connectivity index (χ1n) is 8.63. The maximum Gasteiger partial charge on any atom is 0.270 e. The highest BCUT2D eigenvalue weighted by atomic mass is 16.2. The van der Waals surface area contributed by atoms with Crippen LogP contribution in [-0.2, 0) is 13.5 Å². The Balaban J connectivity index is 1.71. The second kappa shape index (κ2) is 5.61. The second-order valence-corrected chi connectivity index (χ2v) is 6.94. The number of likely N-dealkylation sites (tertiary alicyclic amines) is 1. The van der Waals surface area contributed by atoms with Gasteiger partial charge < -0.3 is 14.8 Å². The van der Waals surface area contributed by atoms with Gasteiger partial charge in [0, 0.05) is 43.0 Å². The molecule has 1 amide bonds. The SMILES string of the molecule is C[C@@H]1CC[C@@H](C)N1C(=O)c1cc(-c2ncnc3c2CCN3)cn1C. The normalized spacial score (nSPS) is 22.5. The van der Waals surface area contributed by atoms with Crippen LogP contribution in [0.4, 0.5) is 5.82 Å². The van der Waals surface area contributed by atoms with Gasteiger partial charge in [0.25, 0.3) is 5.91 Å². The van der Waals surface area contributed by atoms with Gasteiger partial charge in [-0.2, -0.15) is 0 Å². The van der Waals surface area contributed by atoms with Crippen LogP contribution in [0.3, 0.4) is 0 Å². The molecule has 6 nitrogen and oxygen atoms in total. The molecule has 0 aromatic carbocycles. The molecule has 2 aromatic rings. The van der Waals surface area contributed by atoms with E-state index < -0.39 is 0 Å². The Morgan fingerprint density at radius 3 is 2.75 bits per heavy atom. The molecular formula is C18H23N5O. The first-order valence-corrected chi connectivity index (χ1v) is 8.63. The molecule has 1 N–H and O–H groups in total. The molecule has 2 aliphatic heterocycles. The maximum absolute atomic E-state index is 13.0. The van der Waals surface area contributed by atoms with Crippen molar-refractivity contribution in [2.45, 2.75) is 45.2 Å². The van der Waals surface area contributed by atoms with Crippen LogP contribution >= 0.6 is 0 Å². The largest absolute Gasteiger partial charge is 0.369 e. The number of fused-ring (bicyclic) bond motifs is 1. The molecule has 24 heavy (non-hydrogen) atoms. The van der Waals surface area contributed by atoms with E-state index in [4.69, 9.17) is 0 Å². The van der Waals surface area contributed by atoms with Crippen molar-refractivity contribution >= 4 is 11.7 Å². The summed E-state index contributed by atoms with van der Waals surface area (Å²) in [7, 11) is 1.93. The van der Waals surface area contributed by atoms with Gasteiger partial charge >= 0.3 is 0 Å². The summed E-state index contributed by atoms with van der Waals surface area (Å²) in [5, 5.41) is 3.28. The summed E-state index contributed by atoms with van der Waals surface area (Å²) >= 11 is 0. The Hall–Kier alpha value is -2.37. The van der Waals surface area contributed by atoms with Crippen molar-refractivity contribution in [3.8, 4) is 11.3 Å². The zero-order valence-electron chi connectivity index (χ0n) is 14.4. The molecule has 1 fully saturated rings. The van der Waals surface area contributed by atoms with Crippen molar-refractivity contribution in [3.63, 3.8) is 0 Å².